The van der Waals surface area contributed by atoms with Crippen molar-refractivity contribution in [3.05, 3.63) is 0 Å². The first-order valence-corrected chi connectivity index (χ1v) is 6.56. The normalized spacial score (nSPS) is 18.9. The molecule has 0 bridgehead atoms. The van der Waals surface area contributed by atoms with Crippen LogP contribution in [-0.2, 0) is 0 Å². The van der Waals surface area contributed by atoms with Gasteiger partial charge in [-0.1, -0.05) is 19.8 Å². The maximum absolute atomic E-state index is 5.50. The summed E-state index contributed by atoms with van der Waals surface area (Å²) < 4.78 is 0. The van der Waals surface area contributed by atoms with Crippen LogP contribution in [0.4, 0.5) is 0 Å². The minimum atomic E-state index is 0.539. The average Bonchev–Trinajstić information content (AvgIpc) is 2.94. The molecule has 0 aromatic rings. The van der Waals surface area contributed by atoms with E-state index in [0.29, 0.717) is 6.04 Å². The van der Waals surface area contributed by atoms with E-state index in [4.69, 9.17) is 5.84 Å². The van der Waals surface area contributed by atoms with Crippen molar-refractivity contribution in [1.82, 2.24) is 5.43 Å². The van der Waals surface area contributed by atoms with Gasteiger partial charge in [-0.2, -0.15) is 11.8 Å². The van der Waals surface area contributed by atoms with Crippen molar-refractivity contribution in [3.8, 4) is 0 Å². The molecule has 2 nitrogen and oxygen atoms in total. The maximum Gasteiger partial charge on any atom is 0.0301 e. The van der Waals surface area contributed by atoms with Crippen molar-refractivity contribution in [2.45, 2.75) is 45.1 Å². The zero-order chi connectivity index (χ0) is 9.52. The van der Waals surface area contributed by atoms with Crippen LogP contribution in [0.25, 0.3) is 0 Å². The zero-order valence-electron chi connectivity index (χ0n) is 8.59. The van der Waals surface area contributed by atoms with Crippen LogP contribution in [0.15, 0.2) is 0 Å². The van der Waals surface area contributed by atoms with E-state index < -0.39 is 0 Å². The lowest BCUT2D eigenvalue weighted by Gasteiger charge is -2.14. The number of nitrogens with two attached hydrogens (primary N) is 1. The third-order valence-electron chi connectivity index (χ3n) is 2.52. The standard InChI is InChI=1S/C10H22N2S/c1-2-7-13-8-10(12-11)6-5-9-3-4-9/h9-10,12H,2-8,11H2,1H3. The molecular formula is C10H22N2S. The molecule has 1 atom stereocenters. The van der Waals surface area contributed by atoms with Gasteiger partial charge in [0.1, 0.15) is 0 Å². The maximum atomic E-state index is 5.50. The summed E-state index contributed by atoms with van der Waals surface area (Å²) in [5.74, 6) is 8.98. The topological polar surface area (TPSA) is 38.0 Å². The second-order valence-electron chi connectivity index (χ2n) is 3.96. The molecule has 1 unspecified atom stereocenters. The smallest absolute Gasteiger partial charge is 0.0301 e. The van der Waals surface area contributed by atoms with E-state index in [0.717, 1.165) is 5.92 Å². The Hall–Kier alpha value is 0.270. The van der Waals surface area contributed by atoms with Gasteiger partial charge in [-0.3, -0.25) is 11.3 Å². The molecule has 78 valence electrons. The van der Waals surface area contributed by atoms with Gasteiger partial charge in [0.25, 0.3) is 0 Å². The summed E-state index contributed by atoms with van der Waals surface area (Å²) in [5.41, 5.74) is 2.92. The lowest BCUT2D eigenvalue weighted by atomic mass is 10.1. The van der Waals surface area contributed by atoms with Crippen LogP contribution >= 0.6 is 11.8 Å². The second-order valence-corrected chi connectivity index (χ2v) is 5.11. The SMILES string of the molecule is CCCSCC(CCC1CC1)NN. The van der Waals surface area contributed by atoms with E-state index in [1.165, 1.54) is 43.6 Å². The molecule has 1 aliphatic carbocycles. The van der Waals surface area contributed by atoms with Crippen molar-refractivity contribution in [3.63, 3.8) is 0 Å². The van der Waals surface area contributed by atoms with Crippen LogP contribution in [0.5, 0.6) is 0 Å². The Morgan fingerprint density at radius 1 is 1.54 bits per heavy atom. The highest BCUT2D eigenvalue weighted by Crippen LogP contribution is 2.34. The highest BCUT2D eigenvalue weighted by atomic mass is 32.2. The highest BCUT2D eigenvalue weighted by Gasteiger charge is 2.22. The molecule has 0 saturated heterocycles. The predicted octanol–water partition coefficient (Wildman–Crippen LogP) is 2.15. The molecule has 0 amide bonds. The van der Waals surface area contributed by atoms with Crippen LogP contribution < -0.4 is 11.3 Å². The fourth-order valence-corrected chi connectivity index (χ4v) is 2.43. The first kappa shape index (κ1) is 11.3. The van der Waals surface area contributed by atoms with Gasteiger partial charge < -0.3 is 0 Å². The summed E-state index contributed by atoms with van der Waals surface area (Å²) in [6, 6.07) is 0.539. The van der Waals surface area contributed by atoms with Gasteiger partial charge in [0.2, 0.25) is 0 Å². The number of nitrogens with one attached hydrogen (secondary N) is 1. The van der Waals surface area contributed by atoms with Crippen LogP contribution in [0.1, 0.15) is 39.0 Å². The van der Waals surface area contributed by atoms with E-state index >= 15 is 0 Å². The Balaban J connectivity index is 1.95. The number of hydrazine groups is 1. The van der Waals surface area contributed by atoms with E-state index in [9.17, 15) is 0 Å². The summed E-state index contributed by atoms with van der Waals surface area (Å²) in [4.78, 5) is 0. The van der Waals surface area contributed by atoms with Gasteiger partial charge >= 0.3 is 0 Å². The van der Waals surface area contributed by atoms with Crippen molar-refractivity contribution < 1.29 is 0 Å². The van der Waals surface area contributed by atoms with Crippen molar-refractivity contribution in [2.24, 2.45) is 11.8 Å². The third-order valence-corrected chi connectivity index (χ3v) is 3.86. The predicted molar refractivity (Wildman–Crippen MR) is 60.7 cm³/mol. The molecule has 3 N–H and O–H groups in total. The lowest BCUT2D eigenvalue weighted by Crippen LogP contribution is -2.37. The van der Waals surface area contributed by atoms with Crippen LogP contribution in [0.2, 0.25) is 0 Å². The van der Waals surface area contributed by atoms with Crippen molar-refractivity contribution in [2.75, 3.05) is 11.5 Å². The molecule has 13 heavy (non-hydrogen) atoms. The van der Waals surface area contributed by atoms with Gasteiger partial charge in [-0.05, 0) is 30.9 Å². The largest absolute Gasteiger partial charge is 0.271 e. The molecule has 1 aliphatic rings. The summed E-state index contributed by atoms with van der Waals surface area (Å²) in [5, 5.41) is 0. The van der Waals surface area contributed by atoms with E-state index in [1.54, 1.807) is 0 Å². The number of thioether (sulfide) groups is 1. The second kappa shape index (κ2) is 6.68. The Morgan fingerprint density at radius 2 is 2.31 bits per heavy atom. The van der Waals surface area contributed by atoms with Crippen LogP contribution in [0, 0.1) is 5.92 Å². The quantitative estimate of drug-likeness (QED) is 0.360. The van der Waals surface area contributed by atoms with Gasteiger partial charge in [-0.25, -0.2) is 0 Å². The molecule has 1 saturated carbocycles. The van der Waals surface area contributed by atoms with Gasteiger partial charge in [0.05, 0.1) is 0 Å². The highest BCUT2D eigenvalue weighted by molar-refractivity contribution is 7.99. The summed E-state index contributed by atoms with van der Waals surface area (Å²) >= 11 is 2.02. The average molecular weight is 202 g/mol. The van der Waals surface area contributed by atoms with Gasteiger partial charge in [0.15, 0.2) is 0 Å². The first-order valence-electron chi connectivity index (χ1n) is 5.40. The Kier molecular flexibility index (Phi) is 5.83. The molecule has 0 radical (unpaired) electrons. The molecule has 1 fully saturated rings. The number of hydrogen-bond acceptors (Lipinski definition) is 3. The number of rotatable bonds is 8. The molecule has 0 aromatic carbocycles. The van der Waals surface area contributed by atoms with E-state index in [1.807, 2.05) is 11.8 Å². The summed E-state index contributed by atoms with van der Waals surface area (Å²) in [6.45, 7) is 2.22. The summed E-state index contributed by atoms with van der Waals surface area (Å²) in [6.07, 6.45) is 6.82. The Bertz CT molecular complexity index is 126. The fraction of sp³-hybridized carbons (Fsp3) is 1.00. The summed E-state index contributed by atoms with van der Waals surface area (Å²) in [7, 11) is 0. The molecule has 3 heteroatoms. The van der Waals surface area contributed by atoms with Crippen molar-refractivity contribution >= 4 is 11.8 Å². The molecule has 0 aromatic heterocycles. The monoisotopic (exact) mass is 202 g/mol. The number of hydrogen-bond donors (Lipinski definition) is 2. The Morgan fingerprint density at radius 3 is 2.85 bits per heavy atom. The third kappa shape index (κ3) is 5.55. The van der Waals surface area contributed by atoms with Crippen molar-refractivity contribution in [1.29, 1.82) is 0 Å². The minimum Gasteiger partial charge on any atom is -0.271 e. The zero-order valence-corrected chi connectivity index (χ0v) is 9.41. The van der Waals surface area contributed by atoms with E-state index in [-0.39, 0.29) is 0 Å². The van der Waals surface area contributed by atoms with Crippen LogP contribution in [-0.4, -0.2) is 17.5 Å². The minimum absolute atomic E-state index is 0.539. The molecule has 0 aliphatic heterocycles. The van der Waals surface area contributed by atoms with Gasteiger partial charge in [0, 0.05) is 11.8 Å². The first-order chi connectivity index (χ1) is 6.36. The molecule has 0 heterocycles. The molecular weight excluding hydrogens is 180 g/mol. The fourth-order valence-electron chi connectivity index (χ4n) is 1.43. The van der Waals surface area contributed by atoms with E-state index in [2.05, 4.69) is 12.3 Å². The molecule has 1 rings (SSSR count). The lowest BCUT2D eigenvalue weighted by molar-refractivity contribution is 0.501. The van der Waals surface area contributed by atoms with Crippen LogP contribution in [0.3, 0.4) is 0 Å². The van der Waals surface area contributed by atoms with Gasteiger partial charge in [-0.15, -0.1) is 0 Å². The molecule has 0 spiro atoms. The Labute approximate surface area is 86.0 Å².